The fourth-order valence-corrected chi connectivity index (χ4v) is 11.2. The Hall–Kier alpha value is -4.50. The van der Waals surface area contributed by atoms with Crippen LogP contribution in [0.2, 0.25) is 0 Å². The normalized spacial score (nSPS) is 15.5. The number of nitrogens with one attached hydrogen (secondary N) is 2. The predicted molar refractivity (Wildman–Crippen MR) is 163 cm³/mol. The first-order valence-electron chi connectivity index (χ1n) is 12.9. The van der Waals surface area contributed by atoms with E-state index >= 15 is 0 Å². The minimum Gasteiger partial charge on any atom is -0.280 e. The van der Waals surface area contributed by atoms with Gasteiger partial charge in [-0.3, -0.25) is 9.44 Å². The monoisotopic (exact) mass is 664 g/mol. The van der Waals surface area contributed by atoms with Gasteiger partial charge in [0.1, 0.15) is 0 Å². The van der Waals surface area contributed by atoms with Gasteiger partial charge in [-0.25, -0.2) is 33.7 Å². The first kappa shape index (κ1) is 28.3. The molecule has 0 saturated carbocycles. The van der Waals surface area contributed by atoms with Crippen LogP contribution in [0.3, 0.4) is 0 Å². The number of para-hydroxylation sites is 2. The van der Waals surface area contributed by atoms with E-state index in [9.17, 15) is 33.7 Å². The molecule has 0 spiro atoms. The lowest BCUT2D eigenvalue weighted by molar-refractivity contribution is 0.596. The molecule has 0 atom stereocenters. The molecule has 2 aliphatic heterocycles. The summed E-state index contributed by atoms with van der Waals surface area (Å²) in [5, 5.41) is 0. The van der Waals surface area contributed by atoms with Crippen LogP contribution in [-0.2, 0) is 39.7 Å². The minimum atomic E-state index is -4.31. The van der Waals surface area contributed by atoms with Crippen LogP contribution in [0.1, 0.15) is 0 Å². The van der Waals surface area contributed by atoms with Crippen LogP contribution in [0.4, 0.5) is 11.4 Å². The summed E-state index contributed by atoms with van der Waals surface area (Å²) >= 11 is 0. The summed E-state index contributed by atoms with van der Waals surface area (Å²) in [6, 6.07) is 26.1. The highest BCUT2D eigenvalue weighted by Gasteiger charge is 2.41. The maximum absolute atomic E-state index is 13.7. The standard InChI is InChI=1S/C30H20N2O8S4/c33-41(34)27-15-21(43(37,38)31-19-7-3-1-4-8-19)11-13-23(27)25-17-26-24-14-12-22(44(39,40)32-20-9-5-2-6-10-20)16-28(24)42(35,36)30(26)18-29(25)41/h1-18,31-32H. The molecule has 222 valence electrons. The fourth-order valence-electron chi connectivity index (χ4n) is 5.33. The summed E-state index contributed by atoms with van der Waals surface area (Å²) in [5.41, 5.74) is 1.46. The number of anilines is 2. The SMILES string of the molecule is O=S(=O)(Nc1ccccc1)c1ccc2c(c1)S(=O)(=O)c1cc3c(cc1-2)-c1ccc(S(=O)(=O)Nc2ccccc2)cc1S3(=O)=O. The van der Waals surface area contributed by atoms with Crippen molar-refractivity contribution >= 4 is 51.1 Å². The van der Waals surface area contributed by atoms with Gasteiger partial charge in [-0.05, 0) is 60.7 Å². The van der Waals surface area contributed by atoms with Crippen molar-refractivity contribution in [2.45, 2.75) is 29.4 Å². The average Bonchev–Trinajstić information content (AvgIpc) is 3.35. The van der Waals surface area contributed by atoms with E-state index in [1.54, 1.807) is 60.7 Å². The van der Waals surface area contributed by atoms with E-state index in [1.807, 2.05) is 0 Å². The first-order chi connectivity index (χ1) is 20.8. The van der Waals surface area contributed by atoms with Crippen molar-refractivity contribution in [3.63, 3.8) is 0 Å². The molecule has 14 heteroatoms. The molecule has 2 aliphatic rings. The van der Waals surface area contributed by atoms with E-state index in [0.29, 0.717) is 11.4 Å². The lowest BCUT2D eigenvalue weighted by Crippen LogP contribution is -2.13. The molecule has 5 aromatic carbocycles. The van der Waals surface area contributed by atoms with Gasteiger partial charge in [0, 0.05) is 33.6 Å². The molecule has 0 bridgehead atoms. The number of sulfone groups is 2. The third-order valence-electron chi connectivity index (χ3n) is 7.40. The second-order valence-corrected chi connectivity index (χ2v) is 17.2. The number of hydrogen-bond acceptors (Lipinski definition) is 8. The summed E-state index contributed by atoms with van der Waals surface area (Å²) in [7, 11) is -16.9. The largest absolute Gasteiger partial charge is 0.280 e. The minimum absolute atomic E-state index is 0.212. The van der Waals surface area contributed by atoms with Gasteiger partial charge in [0.2, 0.25) is 19.7 Å². The third kappa shape index (κ3) is 4.32. The lowest BCUT2D eigenvalue weighted by Gasteiger charge is -2.09. The Labute approximate surface area is 254 Å². The zero-order valence-electron chi connectivity index (χ0n) is 22.3. The zero-order chi connectivity index (χ0) is 31.1. The summed E-state index contributed by atoms with van der Waals surface area (Å²) in [4.78, 5) is -1.66. The molecule has 2 heterocycles. The summed E-state index contributed by atoms with van der Waals surface area (Å²) < 4.78 is 112. The van der Waals surface area contributed by atoms with E-state index in [-0.39, 0.29) is 51.6 Å². The van der Waals surface area contributed by atoms with Crippen LogP contribution in [0.25, 0.3) is 22.3 Å². The summed E-state index contributed by atoms with van der Waals surface area (Å²) in [6.45, 7) is 0. The van der Waals surface area contributed by atoms with E-state index in [1.165, 1.54) is 30.3 Å². The van der Waals surface area contributed by atoms with E-state index in [0.717, 1.165) is 18.2 Å². The number of benzene rings is 5. The molecule has 0 aliphatic carbocycles. The Morgan fingerprint density at radius 2 is 0.773 bits per heavy atom. The zero-order valence-corrected chi connectivity index (χ0v) is 25.6. The predicted octanol–water partition coefficient (Wildman–Crippen LogP) is 4.91. The molecule has 7 rings (SSSR count). The maximum Gasteiger partial charge on any atom is 0.261 e. The quantitative estimate of drug-likeness (QED) is 0.254. The van der Waals surface area contributed by atoms with Gasteiger partial charge in [0.05, 0.1) is 29.4 Å². The van der Waals surface area contributed by atoms with Gasteiger partial charge < -0.3 is 0 Å². The van der Waals surface area contributed by atoms with Crippen LogP contribution in [-0.4, -0.2) is 33.7 Å². The molecule has 5 aromatic rings. The highest BCUT2D eigenvalue weighted by molar-refractivity contribution is 7.94. The smallest absolute Gasteiger partial charge is 0.261 e. The molecule has 44 heavy (non-hydrogen) atoms. The Balaban J connectivity index is 1.31. The molecule has 10 nitrogen and oxygen atoms in total. The van der Waals surface area contributed by atoms with Crippen molar-refractivity contribution in [3.05, 3.63) is 109 Å². The summed E-state index contributed by atoms with van der Waals surface area (Å²) in [5.74, 6) is 0. The maximum atomic E-state index is 13.7. The van der Waals surface area contributed by atoms with Crippen molar-refractivity contribution in [1.29, 1.82) is 0 Å². The van der Waals surface area contributed by atoms with Crippen molar-refractivity contribution in [1.82, 2.24) is 0 Å². The molecule has 0 fully saturated rings. The molecule has 0 saturated heterocycles. The molecule has 0 radical (unpaired) electrons. The van der Waals surface area contributed by atoms with Gasteiger partial charge in [-0.2, -0.15) is 0 Å². The van der Waals surface area contributed by atoms with E-state index in [2.05, 4.69) is 9.44 Å². The van der Waals surface area contributed by atoms with Gasteiger partial charge in [-0.1, -0.05) is 48.5 Å². The molecular formula is C30H20N2O8S4. The van der Waals surface area contributed by atoms with Crippen LogP contribution < -0.4 is 9.44 Å². The number of sulfonamides is 2. The molecule has 0 unspecified atom stereocenters. The molecule has 0 amide bonds. The van der Waals surface area contributed by atoms with Crippen molar-refractivity contribution < 1.29 is 33.7 Å². The van der Waals surface area contributed by atoms with Crippen LogP contribution in [0.5, 0.6) is 0 Å². The van der Waals surface area contributed by atoms with Gasteiger partial charge in [-0.15, -0.1) is 0 Å². The van der Waals surface area contributed by atoms with Crippen LogP contribution in [0, 0.1) is 0 Å². The Morgan fingerprint density at radius 3 is 1.16 bits per heavy atom. The Morgan fingerprint density at radius 1 is 0.409 bits per heavy atom. The highest BCUT2D eigenvalue weighted by atomic mass is 32.2. The van der Waals surface area contributed by atoms with E-state index < -0.39 is 39.7 Å². The van der Waals surface area contributed by atoms with Crippen molar-refractivity contribution in [2.24, 2.45) is 0 Å². The fraction of sp³-hybridized carbons (Fsp3) is 0. The average molecular weight is 665 g/mol. The molecule has 2 N–H and O–H groups in total. The number of hydrogen-bond donors (Lipinski definition) is 2. The molecular weight excluding hydrogens is 645 g/mol. The van der Waals surface area contributed by atoms with Gasteiger partial charge in [0.25, 0.3) is 20.0 Å². The van der Waals surface area contributed by atoms with Gasteiger partial charge >= 0.3 is 0 Å². The molecule has 0 aromatic heterocycles. The van der Waals surface area contributed by atoms with Gasteiger partial charge in [0.15, 0.2) is 0 Å². The van der Waals surface area contributed by atoms with Crippen molar-refractivity contribution in [3.8, 4) is 22.3 Å². The Kier molecular flexibility index (Phi) is 6.10. The van der Waals surface area contributed by atoms with E-state index in [4.69, 9.17) is 0 Å². The van der Waals surface area contributed by atoms with Crippen molar-refractivity contribution in [2.75, 3.05) is 9.44 Å². The number of rotatable bonds is 6. The first-order valence-corrected chi connectivity index (χ1v) is 18.9. The summed E-state index contributed by atoms with van der Waals surface area (Å²) in [6.07, 6.45) is 0. The Bertz CT molecular complexity index is 2310. The third-order valence-corrected chi connectivity index (χ3v) is 13.8. The second kappa shape index (κ2) is 9.50. The van der Waals surface area contributed by atoms with Crippen LogP contribution in [0.15, 0.2) is 139 Å². The highest BCUT2D eigenvalue weighted by Crippen LogP contribution is 2.51. The number of fused-ring (bicyclic) bond motifs is 6. The van der Waals surface area contributed by atoms with Crippen LogP contribution >= 0.6 is 0 Å². The topological polar surface area (TPSA) is 161 Å². The lowest BCUT2D eigenvalue weighted by atomic mass is 9.99. The second-order valence-electron chi connectivity index (χ2n) is 10.1.